The molecule has 6 atom stereocenters. The Hall–Kier alpha value is -0.540. The summed E-state index contributed by atoms with van der Waals surface area (Å²) in [6, 6.07) is 0. The van der Waals surface area contributed by atoms with Gasteiger partial charge in [0.25, 0.3) is 0 Å². The Morgan fingerprint density at radius 1 is 1.14 bits per heavy atom. The Kier molecular flexibility index (Phi) is 3.08. The first-order valence-corrected chi connectivity index (χ1v) is 9.25. The first kappa shape index (κ1) is 15.0. The van der Waals surface area contributed by atoms with Crippen LogP contribution >= 0.6 is 0 Å². The van der Waals surface area contributed by atoms with Crippen LogP contribution < -0.4 is 5.84 Å². The molecule has 3 heteroatoms. The molecule has 0 amide bonds. The van der Waals surface area contributed by atoms with Crippen LogP contribution in [0.2, 0.25) is 0 Å². The second kappa shape index (κ2) is 4.51. The number of aliphatic hydroxyl groups is 1. The fourth-order valence-electron chi connectivity index (χ4n) is 6.82. The first-order valence-electron chi connectivity index (χ1n) is 9.25. The predicted molar refractivity (Wildman–Crippen MR) is 88.6 cm³/mol. The number of piperidine rings is 1. The van der Waals surface area contributed by atoms with E-state index in [-0.39, 0.29) is 10.8 Å². The lowest BCUT2D eigenvalue weighted by Crippen LogP contribution is -2.56. The Balaban J connectivity index is 1.71. The number of rotatable bonds is 0. The van der Waals surface area contributed by atoms with Gasteiger partial charge in [-0.25, -0.2) is 5.84 Å². The highest BCUT2D eigenvalue weighted by Gasteiger charge is 2.62. The van der Waals surface area contributed by atoms with Gasteiger partial charge in [0.2, 0.25) is 0 Å². The summed E-state index contributed by atoms with van der Waals surface area (Å²) >= 11 is 0. The summed E-state index contributed by atoms with van der Waals surface area (Å²) in [6.45, 7) is 7.92. The normalized spacial score (nSPS) is 54.3. The van der Waals surface area contributed by atoms with Gasteiger partial charge in [-0.15, -0.1) is 0 Å². The van der Waals surface area contributed by atoms with E-state index in [4.69, 9.17) is 5.84 Å². The molecule has 1 saturated heterocycles. The van der Waals surface area contributed by atoms with Gasteiger partial charge in [0.05, 0.1) is 5.60 Å². The van der Waals surface area contributed by atoms with Crippen molar-refractivity contribution in [1.29, 1.82) is 0 Å². The molecule has 1 heterocycles. The van der Waals surface area contributed by atoms with Crippen LogP contribution in [0.3, 0.4) is 0 Å². The van der Waals surface area contributed by atoms with Crippen molar-refractivity contribution in [3.05, 3.63) is 11.8 Å². The summed E-state index contributed by atoms with van der Waals surface area (Å²) in [7, 11) is 0. The Morgan fingerprint density at radius 3 is 2.64 bits per heavy atom. The maximum atomic E-state index is 10.9. The molecule has 3 aliphatic carbocycles. The average Bonchev–Trinajstić information content (AvgIpc) is 2.69. The van der Waals surface area contributed by atoms with Crippen molar-refractivity contribution in [2.45, 2.75) is 71.3 Å². The van der Waals surface area contributed by atoms with Crippen LogP contribution in [-0.2, 0) is 0 Å². The number of fused-ring (bicyclic) bond motifs is 5. The molecular formula is C19H32N2O. The molecule has 0 aromatic carbocycles. The van der Waals surface area contributed by atoms with E-state index < -0.39 is 5.60 Å². The van der Waals surface area contributed by atoms with E-state index in [1.165, 1.54) is 44.2 Å². The van der Waals surface area contributed by atoms with Crippen molar-refractivity contribution < 1.29 is 5.11 Å². The molecule has 22 heavy (non-hydrogen) atoms. The SMILES string of the molecule is C[C@]12CCCN(N)C1=CCC1C2CC[C@@]2(C)C1CC[C@]2(C)O. The lowest BCUT2D eigenvalue weighted by Gasteiger charge is -2.59. The van der Waals surface area contributed by atoms with E-state index in [0.29, 0.717) is 5.92 Å². The van der Waals surface area contributed by atoms with Crippen molar-refractivity contribution >= 4 is 0 Å². The number of hydrogen-bond donors (Lipinski definition) is 2. The lowest BCUT2D eigenvalue weighted by atomic mass is 9.48. The van der Waals surface area contributed by atoms with Gasteiger partial charge >= 0.3 is 0 Å². The number of hydrazine groups is 1. The third kappa shape index (κ3) is 1.70. The number of hydrogen-bond acceptors (Lipinski definition) is 3. The largest absolute Gasteiger partial charge is 0.390 e. The van der Waals surface area contributed by atoms with Crippen molar-refractivity contribution in [1.82, 2.24) is 5.01 Å². The van der Waals surface area contributed by atoms with Crippen molar-refractivity contribution in [3.8, 4) is 0 Å². The number of nitrogens with zero attached hydrogens (tertiary/aromatic N) is 1. The predicted octanol–water partition coefficient (Wildman–Crippen LogP) is 3.44. The number of nitrogens with two attached hydrogens (primary N) is 1. The molecule has 4 rings (SSSR count). The summed E-state index contributed by atoms with van der Waals surface area (Å²) in [4.78, 5) is 0. The van der Waals surface area contributed by atoms with Crippen LogP contribution in [0.4, 0.5) is 0 Å². The van der Waals surface area contributed by atoms with Crippen molar-refractivity contribution in [3.63, 3.8) is 0 Å². The standard InChI is InChI=1S/C19H32N2O/c1-17-9-4-12-21(20)16(17)6-5-13-14(17)7-10-18(2)15(13)8-11-19(18,3)22/h6,13-15,22H,4-5,7-12,20H2,1-3H3/t13?,14?,15?,17-,18+,19+/m1/s1. The molecular weight excluding hydrogens is 272 g/mol. The van der Waals surface area contributed by atoms with Gasteiger partial charge in [-0.3, -0.25) is 0 Å². The molecule has 4 aliphatic rings. The van der Waals surface area contributed by atoms with E-state index in [9.17, 15) is 5.11 Å². The molecule has 124 valence electrons. The van der Waals surface area contributed by atoms with E-state index >= 15 is 0 Å². The molecule has 3 fully saturated rings. The fraction of sp³-hybridized carbons (Fsp3) is 0.895. The second-order valence-electron chi connectivity index (χ2n) is 9.18. The molecule has 0 bridgehead atoms. The molecule has 3 nitrogen and oxygen atoms in total. The maximum Gasteiger partial charge on any atom is 0.0675 e. The van der Waals surface area contributed by atoms with Gasteiger partial charge in [0, 0.05) is 17.7 Å². The van der Waals surface area contributed by atoms with Gasteiger partial charge in [0.1, 0.15) is 0 Å². The summed E-state index contributed by atoms with van der Waals surface area (Å²) in [5.41, 5.74) is 1.33. The third-order valence-corrected chi connectivity index (χ3v) is 8.39. The molecule has 0 spiro atoms. The highest BCUT2D eigenvalue weighted by atomic mass is 16.3. The molecule has 3 N–H and O–H groups in total. The minimum absolute atomic E-state index is 0.118. The monoisotopic (exact) mass is 304 g/mol. The Morgan fingerprint density at radius 2 is 1.86 bits per heavy atom. The van der Waals surface area contributed by atoms with E-state index in [1.807, 2.05) is 5.01 Å². The third-order valence-electron chi connectivity index (χ3n) is 8.39. The quantitative estimate of drug-likeness (QED) is 0.674. The smallest absolute Gasteiger partial charge is 0.0675 e. The van der Waals surface area contributed by atoms with Crippen LogP contribution in [0.15, 0.2) is 11.8 Å². The second-order valence-corrected chi connectivity index (χ2v) is 9.18. The zero-order valence-electron chi connectivity index (χ0n) is 14.4. The summed E-state index contributed by atoms with van der Waals surface area (Å²) in [5.74, 6) is 8.48. The highest BCUT2D eigenvalue weighted by molar-refractivity contribution is 5.24. The highest BCUT2D eigenvalue weighted by Crippen LogP contribution is 2.66. The molecule has 3 unspecified atom stereocenters. The van der Waals surface area contributed by atoms with Gasteiger partial charge in [-0.1, -0.05) is 19.9 Å². The molecule has 0 aromatic rings. The summed E-state index contributed by atoms with van der Waals surface area (Å²) in [5, 5.41) is 13.0. The lowest BCUT2D eigenvalue weighted by molar-refractivity contribution is -0.117. The van der Waals surface area contributed by atoms with E-state index in [2.05, 4.69) is 26.8 Å². The van der Waals surface area contributed by atoms with Crippen molar-refractivity contribution in [2.24, 2.45) is 34.4 Å². The topological polar surface area (TPSA) is 49.5 Å². The van der Waals surface area contributed by atoms with Crippen molar-refractivity contribution in [2.75, 3.05) is 6.54 Å². The zero-order chi connectivity index (χ0) is 15.8. The maximum absolute atomic E-state index is 10.9. The van der Waals surface area contributed by atoms with Crippen LogP contribution in [-0.4, -0.2) is 22.3 Å². The Bertz CT molecular complexity index is 514. The van der Waals surface area contributed by atoms with E-state index in [1.54, 1.807) is 0 Å². The van der Waals surface area contributed by atoms with Gasteiger partial charge in [-0.05, 0) is 75.0 Å². The fourth-order valence-corrected chi connectivity index (χ4v) is 6.82. The first-order chi connectivity index (χ1) is 10.3. The van der Waals surface area contributed by atoms with Gasteiger partial charge < -0.3 is 10.1 Å². The Labute approximate surface area is 134 Å². The molecule has 0 aromatic heterocycles. The molecule has 2 saturated carbocycles. The molecule has 1 aliphatic heterocycles. The number of allylic oxidation sites excluding steroid dienone is 2. The van der Waals surface area contributed by atoms with Crippen LogP contribution in [0, 0.1) is 28.6 Å². The van der Waals surface area contributed by atoms with Crippen LogP contribution in [0.1, 0.15) is 65.7 Å². The molecule has 0 radical (unpaired) electrons. The minimum atomic E-state index is -0.472. The summed E-state index contributed by atoms with van der Waals surface area (Å²) < 4.78 is 0. The van der Waals surface area contributed by atoms with Crippen LogP contribution in [0.25, 0.3) is 0 Å². The summed E-state index contributed by atoms with van der Waals surface area (Å²) in [6.07, 6.45) is 10.7. The van der Waals surface area contributed by atoms with E-state index in [0.717, 1.165) is 24.8 Å². The van der Waals surface area contributed by atoms with Gasteiger partial charge in [-0.2, -0.15) is 0 Å². The zero-order valence-corrected chi connectivity index (χ0v) is 14.4. The average molecular weight is 304 g/mol. The minimum Gasteiger partial charge on any atom is -0.390 e. The van der Waals surface area contributed by atoms with Crippen LogP contribution in [0.5, 0.6) is 0 Å². The van der Waals surface area contributed by atoms with Gasteiger partial charge in [0.15, 0.2) is 0 Å².